The van der Waals surface area contributed by atoms with E-state index in [-0.39, 0.29) is 11.3 Å². The van der Waals surface area contributed by atoms with Crippen molar-refractivity contribution in [2.24, 2.45) is 0 Å². The number of aliphatic hydroxyl groups is 1. The van der Waals surface area contributed by atoms with Gasteiger partial charge in [-0.2, -0.15) is 0 Å². The molecule has 7 nitrogen and oxygen atoms in total. The van der Waals surface area contributed by atoms with Crippen LogP contribution in [0.25, 0.3) is 5.76 Å². The van der Waals surface area contributed by atoms with E-state index in [1.54, 1.807) is 55.6 Å². The van der Waals surface area contributed by atoms with Crippen LogP contribution in [0.4, 0.5) is 5.69 Å². The zero-order valence-electron chi connectivity index (χ0n) is 14.9. The minimum atomic E-state index is -0.892. The van der Waals surface area contributed by atoms with Crippen molar-refractivity contribution >= 4 is 23.1 Å². The second-order valence-electron chi connectivity index (χ2n) is 6.12. The van der Waals surface area contributed by atoms with Crippen LogP contribution in [0.5, 0.6) is 5.75 Å². The maximum absolute atomic E-state index is 12.9. The number of carbonyl (C=O) groups is 2. The molecule has 1 amide bonds. The molecule has 0 radical (unpaired) electrons. The maximum Gasteiger partial charge on any atom is 0.300 e. The summed E-state index contributed by atoms with van der Waals surface area (Å²) in [5, 5.41) is 10.8. The lowest BCUT2D eigenvalue weighted by atomic mass is 9.99. The average molecular weight is 376 g/mol. The molecule has 1 fully saturated rings. The first-order valence-electron chi connectivity index (χ1n) is 8.50. The Kier molecular flexibility index (Phi) is 4.41. The molecule has 1 atom stereocenters. The number of amides is 1. The molecule has 2 aromatic heterocycles. The van der Waals surface area contributed by atoms with Gasteiger partial charge < -0.3 is 14.3 Å². The van der Waals surface area contributed by atoms with Crippen molar-refractivity contribution in [2.75, 3.05) is 12.0 Å². The quantitative estimate of drug-likeness (QED) is 0.427. The standard InChI is InChI=1S/C21H16N2O5/c1-27-15-6-4-14(5-7-15)23-18(16-3-2-12-28-16)17(20(25)21(23)26)19(24)13-8-10-22-11-9-13/h2-12,18,24H,1H3/b19-17-. The van der Waals surface area contributed by atoms with E-state index >= 15 is 0 Å². The maximum atomic E-state index is 12.9. The summed E-state index contributed by atoms with van der Waals surface area (Å²) < 4.78 is 10.7. The Labute approximate surface area is 160 Å². The van der Waals surface area contributed by atoms with E-state index < -0.39 is 17.7 Å². The molecule has 28 heavy (non-hydrogen) atoms. The number of aromatic nitrogens is 1. The summed E-state index contributed by atoms with van der Waals surface area (Å²) in [5.41, 5.74) is 0.833. The number of ether oxygens (including phenoxy) is 1. The number of rotatable bonds is 4. The lowest BCUT2D eigenvalue weighted by Gasteiger charge is -2.23. The first-order valence-corrected chi connectivity index (χ1v) is 8.50. The van der Waals surface area contributed by atoms with Gasteiger partial charge in [0, 0.05) is 23.6 Å². The molecule has 1 aromatic carbocycles. The highest BCUT2D eigenvalue weighted by atomic mass is 16.5. The molecule has 3 heterocycles. The number of carbonyl (C=O) groups excluding carboxylic acids is 2. The number of hydrogen-bond donors (Lipinski definition) is 1. The van der Waals surface area contributed by atoms with Crippen LogP contribution in [0.3, 0.4) is 0 Å². The lowest BCUT2D eigenvalue weighted by molar-refractivity contribution is -0.132. The van der Waals surface area contributed by atoms with Crippen molar-refractivity contribution in [3.63, 3.8) is 0 Å². The number of hydrogen-bond acceptors (Lipinski definition) is 6. The van der Waals surface area contributed by atoms with Gasteiger partial charge in [-0.1, -0.05) is 0 Å². The smallest absolute Gasteiger partial charge is 0.300 e. The lowest BCUT2D eigenvalue weighted by Crippen LogP contribution is -2.29. The molecule has 3 aromatic rings. The fourth-order valence-corrected chi connectivity index (χ4v) is 3.22. The van der Waals surface area contributed by atoms with Gasteiger partial charge in [0.1, 0.15) is 23.3 Å². The van der Waals surface area contributed by atoms with Crippen LogP contribution in [0, 0.1) is 0 Å². The van der Waals surface area contributed by atoms with Crippen molar-refractivity contribution in [1.29, 1.82) is 0 Å². The van der Waals surface area contributed by atoms with Crippen LogP contribution in [-0.2, 0) is 9.59 Å². The highest BCUT2D eigenvalue weighted by Gasteiger charge is 2.48. The predicted molar refractivity (Wildman–Crippen MR) is 101 cm³/mol. The highest BCUT2D eigenvalue weighted by molar-refractivity contribution is 6.51. The molecule has 0 bridgehead atoms. The minimum absolute atomic E-state index is 0.0398. The Morgan fingerprint density at radius 1 is 1.11 bits per heavy atom. The summed E-state index contributed by atoms with van der Waals surface area (Å²) >= 11 is 0. The van der Waals surface area contributed by atoms with Gasteiger partial charge in [-0.25, -0.2) is 0 Å². The van der Waals surface area contributed by atoms with Crippen molar-refractivity contribution in [2.45, 2.75) is 6.04 Å². The normalized spacial score (nSPS) is 18.5. The molecule has 0 aliphatic carbocycles. The first-order chi connectivity index (χ1) is 13.6. The van der Waals surface area contributed by atoms with E-state index in [4.69, 9.17) is 9.15 Å². The zero-order chi connectivity index (χ0) is 19.7. The zero-order valence-corrected chi connectivity index (χ0v) is 14.9. The van der Waals surface area contributed by atoms with Gasteiger partial charge in [0.2, 0.25) is 0 Å². The molecule has 140 valence electrons. The second-order valence-corrected chi connectivity index (χ2v) is 6.12. The molecule has 0 spiro atoms. The molecule has 1 N–H and O–H groups in total. The molecular weight excluding hydrogens is 360 g/mol. The van der Waals surface area contributed by atoms with Crippen LogP contribution < -0.4 is 9.64 Å². The number of pyridine rings is 1. The molecule has 1 unspecified atom stereocenters. The predicted octanol–water partition coefficient (Wildman–Crippen LogP) is 3.31. The van der Waals surface area contributed by atoms with Gasteiger partial charge in [-0.3, -0.25) is 19.5 Å². The van der Waals surface area contributed by atoms with Gasteiger partial charge >= 0.3 is 0 Å². The molecule has 7 heteroatoms. The number of aliphatic hydroxyl groups excluding tert-OH is 1. The molecular formula is C21H16N2O5. The Morgan fingerprint density at radius 3 is 2.43 bits per heavy atom. The highest BCUT2D eigenvalue weighted by Crippen LogP contribution is 2.42. The molecule has 4 rings (SSSR count). The number of methoxy groups -OCH3 is 1. The Bertz CT molecular complexity index is 1040. The number of benzene rings is 1. The van der Waals surface area contributed by atoms with Gasteiger partial charge in [-0.05, 0) is 48.5 Å². The van der Waals surface area contributed by atoms with Crippen LogP contribution >= 0.6 is 0 Å². The van der Waals surface area contributed by atoms with E-state index in [0.717, 1.165) is 0 Å². The van der Waals surface area contributed by atoms with E-state index in [1.165, 1.54) is 23.6 Å². The molecule has 1 saturated heterocycles. The fraction of sp³-hybridized carbons (Fsp3) is 0.0952. The van der Waals surface area contributed by atoms with Crippen molar-refractivity contribution in [1.82, 2.24) is 4.98 Å². The number of Topliss-reactive ketones (excluding diaryl/α,β-unsaturated/α-hetero) is 1. The second kappa shape index (κ2) is 7.03. The fourth-order valence-electron chi connectivity index (χ4n) is 3.22. The Morgan fingerprint density at radius 2 is 1.82 bits per heavy atom. The average Bonchev–Trinajstić information content (AvgIpc) is 3.35. The largest absolute Gasteiger partial charge is 0.507 e. The van der Waals surface area contributed by atoms with E-state index in [2.05, 4.69) is 4.98 Å². The third-order valence-corrected chi connectivity index (χ3v) is 4.56. The summed E-state index contributed by atoms with van der Waals surface area (Å²) in [6, 6.07) is 12.3. The van der Waals surface area contributed by atoms with Gasteiger partial charge in [0.15, 0.2) is 0 Å². The summed E-state index contributed by atoms with van der Waals surface area (Å²) in [7, 11) is 1.54. The molecule has 0 saturated carbocycles. The van der Waals surface area contributed by atoms with Crippen molar-refractivity contribution in [3.8, 4) is 5.75 Å². The molecule has 1 aliphatic rings. The Balaban J connectivity index is 1.89. The van der Waals surface area contributed by atoms with E-state index in [0.29, 0.717) is 22.8 Å². The molecule has 1 aliphatic heterocycles. The van der Waals surface area contributed by atoms with Crippen LogP contribution in [0.1, 0.15) is 17.4 Å². The third kappa shape index (κ3) is 2.83. The number of ketones is 1. The summed E-state index contributed by atoms with van der Waals surface area (Å²) in [4.78, 5) is 30.9. The van der Waals surface area contributed by atoms with Gasteiger partial charge in [-0.15, -0.1) is 0 Å². The van der Waals surface area contributed by atoms with Crippen LogP contribution in [0.15, 0.2) is 77.2 Å². The van der Waals surface area contributed by atoms with Gasteiger partial charge in [0.05, 0.1) is 18.9 Å². The summed E-state index contributed by atoms with van der Waals surface area (Å²) in [5.74, 6) is -0.829. The number of furan rings is 1. The van der Waals surface area contributed by atoms with Crippen molar-refractivity contribution < 1.29 is 23.8 Å². The van der Waals surface area contributed by atoms with Gasteiger partial charge in [0.25, 0.3) is 11.7 Å². The summed E-state index contributed by atoms with van der Waals surface area (Å²) in [6.07, 6.45) is 4.45. The topological polar surface area (TPSA) is 92.9 Å². The SMILES string of the molecule is COc1ccc(N2C(=O)C(=O)/C(=C(\O)c3ccncc3)C2c2ccco2)cc1. The van der Waals surface area contributed by atoms with E-state index in [9.17, 15) is 14.7 Å². The van der Waals surface area contributed by atoms with Crippen LogP contribution in [-0.4, -0.2) is 28.9 Å². The summed E-state index contributed by atoms with van der Waals surface area (Å²) in [6.45, 7) is 0. The monoisotopic (exact) mass is 376 g/mol. The third-order valence-electron chi connectivity index (χ3n) is 4.56. The van der Waals surface area contributed by atoms with Crippen molar-refractivity contribution in [3.05, 3.63) is 84.1 Å². The van der Waals surface area contributed by atoms with E-state index in [1.807, 2.05) is 0 Å². The Hall–Kier alpha value is -3.87. The van der Waals surface area contributed by atoms with Crippen LogP contribution in [0.2, 0.25) is 0 Å². The first kappa shape index (κ1) is 17.5. The minimum Gasteiger partial charge on any atom is -0.507 e. The number of nitrogens with zero attached hydrogens (tertiary/aromatic N) is 2. The number of anilines is 1.